The van der Waals surface area contributed by atoms with Crippen LogP contribution < -0.4 is 10.5 Å². The van der Waals surface area contributed by atoms with Gasteiger partial charge in [-0.15, -0.1) is 6.58 Å². The Balaban J connectivity index is 0.000000324. The summed E-state index contributed by atoms with van der Waals surface area (Å²) >= 11 is 1.71. The molecule has 5 heteroatoms. The molecular formula is C44H44N2O2S. The molecule has 0 saturated heterocycles. The van der Waals surface area contributed by atoms with Gasteiger partial charge in [-0.05, 0) is 65.8 Å². The van der Waals surface area contributed by atoms with Crippen LogP contribution in [0.3, 0.4) is 0 Å². The average Bonchev–Trinajstić information content (AvgIpc) is 3.72. The van der Waals surface area contributed by atoms with Gasteiger partial charge in [-0.25, -0.2) is 4.98 Å². The summed E-state index contributed by atoms with van der Waals surface area (Å²) in [6, 6.07) is 46.2. The zero-order valence-corrected chi connectivity index (χ0v) is 29.0. The van der Waals surface area contributed by atoms with Crippen LogP contribution in [0.5, 0.6) is 5.75 Å². The number of hydrogen-bond acceptors (Lipinski definition) is 5. The average molecular weight is 665 g/mol. The van der Waals surface area contributed by atoms with Crippen molar-refractivity contribution in [1.82, 2.24) is 4.98 Å². The first-order valence-corrected chi connectivity index (χ1v) is 18.1. The first kappa shape index (κ1) is 34.0. The molecule has 1 aliphatic rings. The number of ether oxygens (including phenoxy) is 1. The molecule has 0 unspecified atom stereocenters. The van der Waals surface area contributed by atoms with Crippen LogP contribution in [-0.4, -0.2) is 24.4 Å². The molecule has 0 spiro atoms. The van der Waals surface area contributed by atoms with Crippen LogP contribution in [0.4, 0.5) is 0 Å². The summed E-state index contributed by atoms with van der Waals surface area (Å²) in [6.45, 7) is 5.00. The van der Waals surface area contributed by atoms with Crippen molar-refractivity contribution < 1.29 is 9.15 Å². The van der Waals surface area contributed by atoms with Gasteiger partial charge in [0.1, 0.15) is 11.4 Å². The zero-order valence-electron chi connectivity index (χ0n) is 28.2. The normalized spacial score (nSPS) is 12.4. The van der Waals surface area contributed by atoms with E-state index in [0.29, 0.717) is 6.54 Å². The number of unbranched alkanes of at least 4 members (excludes halogenated alkanes) is 2. The molecule has 0 atom stereocenters. The molecule has 1 aromatic heterocycles. The number of nitrogens with zero attached hydrogens (tertiary/aromatic N) is 1. The second-order valence-corrected chi connectivity index (χ2v) is 13.2. The SMILES string of the molecule is C=CC1(CCCCCSc2nc(-c3ccccc3)c(-c3ccccc3)o2)c2ccccc2-c2ccccc21.COc1ccc(CCN)cc1. The van der Waals surface area contributed by atoms with Crippen molar-refractivity contribution in [2.75, 3.05) is 19.4 Å². The number of rotatable bonds is 13. The molecular weight excluding hydrogens is 621 g/mol. The summed E-state index contributed by atoms with van der Waals surface area (Å²) < 4.78 is 11.3. The lowest BCUT2D eigenvalue weighted by Gasteiger charge is -2.28. The largest absolute Gasteiger partial charge is 0.497 e. The maximum absolute atomic E-state index is 6.29. The molecule has 5 aromatic carbocycles. The zero-order chi connectivity index (χ0) is 33.9. The fourth-order valence-electron chi connectivity index (χ4n) is 6.69. The van der Waals surface area contributed by atoms with Gasteiger partial charge < -0.3 is 14.9 Å². The lowest BCUT2D eigenvalue weighted by atomic mass is 9.74. The number of allylic oxidation sites excluding steroid dienone is 1. The summed E-state index contributed by atoms with van der Waals surface area (Å²) in [7, 11) is 1.66. The van der Waals surface area contributed by atoms with Crippen molar-refractivity contribution in [3.05, 3.63) is 163 Å². The maximum Gasteiger partial charge on any atom is 0.256 e. The van der Waals surface area contributed by atoms with Crippen molar-refractivity contribution in [1.29, 1.82) is 0 Å². The Hall–Kier alpha value is -4.84. The first-order chi connectivity index (χ1) is 24.2. The number of aromatic nitrogens is 1. The van der Waals surface area contributed by atoms with Crippen LogP contribution in [0.25, 0.3) is 33.7 Å². The van der Waals surface area contributed by atoms with Gasteiger partial charge in [-0.3, -0.25) is 0 Å². The van der Waals surface area contributed by atoms with Gasteiger partial charge in [0.2, 0.25) is 0 Å². The lowest BCUT2D eigenvalue weighted by Crippen LogP contribution is -2.22. The molecule has 248 valence electrons. The third-order valence-electron chi connectivity index (χ3n) is 9.18. The topological polar surface area (TPSA) is 61.3 Å². The number of hydrogen-bond donors (Lipinski definition) is 1. The molecule has 6 aromatic rings. The number of methoxy groups -OCH3 is 1. The van der Waals surface area contributed by atoms with E-state index in [9.17, 15) is 0 Å². The minimum atomic E-state index is -0.0991. The van der Waals surface area contributed by atoms with Crippen LogP contribution in [0, 0.1) is 0 Å². The summed E-state index contributed by atoms with van der Waals surface area (Å²) in [4.78, 5) is 4.90. The fraction of sp³-hybridized carbons (Fsp3) is 0.205. The van der Waals surface area contributed by atoms with E-state index >= 15 is 0 Å². The van der Waals surface area contributed by atoms with E-state index in [1.807, 2.05) is 60.7 Å². The minimum absolute atomic E-state index is 0.0991. The predicted molar refractivity (Wildman–Crippen MR) is 205 cm³/mol. The molecule has 0 radical (unpaired) electrons. The van der Waals surface area contributed by atoms with Crippen molar-refractivity contribution >= 4 is 11.8 Å². The molecule has 49 heavy (non-hydrogen) atoms. The highest BCUT2D eigenvalue weighted by Crippen LogP contribution is 2.52. The summed E-state index contributed by atoms with van der Waals surface area (Å²) in [5.41, 5.74) is 15.1. The summed E-state index contributed by atoms with van der Waals surface area (Å²) in [6.07, 6.45) is 7.60. The van der Waals surface area contributed by atoms with Gasteiger partial charge in [0, 0.05) is 22.3 Å². The fourth-order valence-corrected chi connectivity index (χ4v) is 7.51. The van der Waals surface area contributed by atoms with Gasteiger partial charge in [0.05, 0.1) is 7.11 Å². The Kier molecular flexibility index (Phi) is 11.5. The number of thioether (sulfide) groups is 1. The highest BCUT2D eigenvalue weighted by molar-refractivity contribution is 7.99. The Labute approximate surface area is 295 Å². The molecule has 4 nitrogen and oxygen atoms in total. The van der Waals surface area contributed by atoms with E-state index in [2.05, 4.69) is 85.5 Å². The molecule has 0 bridgehead atoms. The quantitative estimate of drug-likeness (QED) is 0.0756. The van der Waals surface area contributed by atoms with Crippen LogP contribution in [0.1, 0.15) is 42.4 Å². The molecule has 1 heterocycles. The first-order valence-electron chi connectivity index (χ1n) is 17.1. The Morgan fingerprint density at radius 1 is 0.735 bits per heavy atom. The van der Waals surface area contributed by atoms with Crippen LogP contribution >= 0.6 is 11.8 Å². The number of fused-ring (bicyclic) bond motifs is 3. The van der Waals surface area contributed by atoms with E-state index in [4.69, 9.17) is 19.9 Å². The highest BCUT2D eigenvalue weighted by atomic mass is 32.2. The van der Waals surface area contributed by atoms with E-state index in [1.165, 1.54) is 27.8 Å². The summed E-state index contributed by atoms with van der Waals surface area (Å²) in [5, 5.41) is 0.740. The van der Waals surface area contributed by atoms with Gasteiger partial charge in [-0.2, -0.15) is 0 Å². The smallest absolute Gasteiger partial charge is 0.256 e. The van der Waals surface area contributed by atoms with Crippen molar-refractivity contribution in [3.63, 3.8) is 0 Å². The Morgan fingerprint density at radius 3 is 1.92 bits per heavy atom. The molecule has 7 rings (SSSR count). The van der Waals surface area contributed by atoms with E-state index in [1.54, 1.807) is 18.9 Å². The maximum atomic E-state index is 6.29. The molecule has 0 saturated carbocycles. The van der Waals surface area contributed by atoms with Gasteiger partial charge in [0.25, 0.3) is 5.22 Å². The van der Waals surface area contributed by atoms with E-state index < -0.39 is 0 Å². The van der Waals surface area contributed by atoms with Crippen molar-refractivity contribution in [2.45, 2.75) is 42.7 Å². The second kappa shape index (κ2) is 16.5. The molecule has 1 aliphatic carbocycles. The highest BCUT2D eigenvalue weighted by Gasteiger charge is 2.39. The van der Waals surface area contributed by atoms with Gasteiger partial charge >= 0.3 is 0 Å². The third-order valence-corrected chi connectivity index (χ3v) is 10.1. The van der Waals surface area contributed by atoms with Crippen molar-refractivity contribution in [2.24, 2.45) is 5.73 Å². The van der Waals surface area contributed by atoms with Gasteiger partial charge in [-0.1, -0.05) is 152 Å². The van der Waals surface area contributed by atoms with Crippen LogP contribution in [-0.2, 0) is 11.8 Å². The monoisotopic (exact) mass is 664 g/mol. The summed E-state index contributed by atoms with van der Waals surface area (Å²) in [5.74, 6) is 2.72. The minimum Gasteiger partial charge on any atom is -0.497 e. The Morgan fingerprint density at radius 2 is 1.33 bits per heavy atom. The van der Waals surface area contributed by atoms with Crippen LogP contribution in [0.2, 0.25) is 0 Å². The number of benzene rings is 5. The molecule has 0 fully saturated rings. The Bertz CT molecular complexity index is 1830. The number of oxazole rings is 1. The molecule has 2 N–H and O–H groups in total. The third kappa shape index (κ3) is 7.75. The van der Waals surface area contributed by atoms with Gasteiger partial charge in [0.15, 0.2) is 5.76 Å². The second-order valence-electron chi connectivity index (χ2n) is 12.2. The van der Waals surface area contributed by atoms with E-state index in [0.717, 1.165) is 71.4 Å². The van der Waals surface area contributed by atoms with Crippen molar-refractivity contribution in [3.8, 4) is 39.5 Å². The van der Waals surface area contributed by atoms with Crippen LogP contribution in [0.15, 0.2) is 156 Å². The van der Waals surface area contributed by atoms with E-state index in [-0.39, 0.29) is 5.41 Å². The standard InChI is InChI=1S/C35H31NOS.C9H13NO/c1-2-35(30-22-12-10-20-28(30)29-21-11-13-23-31(29)35)24-14-5-15-25-38-34-36-32(26-16-6-3-7-17-26)33(37-34)27-18-8-4-9-19-27;1-11-9-4-2-8(3-5-9)6-7-10/h2-4,6-13,16-23H,1,5,14-15,24-25H2;2-5H,6-7,10H2,1H3. The molecule has 0 amide bonds. The predicted octanol–water partition coefficient (Wildman–Crippen LogP) is 11.0. The lowest BCUT2D eigenvalue weighted by molar-refractivity contribution is 0.414. The molecule has 0 aliphatic heterocycles. The number of nitrogens with two attached hydrogens (primary N) is 1.